The van der Waals surface area contributed by atoms with Crippen LogP contribution in [0.2, 0.25) is 5.15 Å². The van der Waals surface area contributed by atoms with Crippen molar-refractivity contribution in [3.8, 4) is 0 Å². The van der Waals surface area contributed by atoms with Crippen LogP contribution < -0.4 is 5.73 Å². The fraction of sp³-hybridized carbons (Fsp3) is 0.500. The molecule has 0 saturated carbocycles. The molecule has 0 aromatic carbocycles. The Balaban J connectivity index is 2.14. The Kier molecular flexibility index (Phi) is 4.04. The minimum atomic E-state index is -0.0266. The summed E-state index contributed by atoms with van der Waals surface area (Å²) in [7, 11) is 2.06. The molecule has 0 unspecified atom stereocenters. The molecule has 2 N–H and O–H groups in total. The largest absolute Gasteiger partial charge is 0.384 e. The number of amides is 1. The van der Waals surface area contributed by atoms with Gasteiger partial charge in [-0.15, -0.1) is 0 Å². The molecule has 1 amide bonds. The van der Waals surface area contributed by atoms with Crippen molar-refractivity contribution >= 4 is 23.3 Å². The lowest BCUT2D eigenvalue weighted by molar-refractivity contribution is 0.0763. The summed E-state index contributed by atoms with van der Waals surface area (Å²) in [5, 5.41) is 0.255. The Hall–Kier alpha value is -1.33. The molecule has 1 aromatic rings. The Morgan fingerprint density at radius 1 is 1.33 bits per heavy atom. The number of likely N-dealkylation sites (N-methyl/N-ethyl adjacent to an activating group) is 1. The lowest BCUT2D eigenvalue weighted by atomic mass is 10.2. The zero-order valence-electron chi connectivity index (χ0n) is 10.4. The SMILES string of the molecule is CN1CCCN(C(=O)c2cc(N)nc(Cl)c2)CC1. The third-order valence-corrected chi connectivity index (χ3v) is 3.26. The topological polar surface area (TPSA) is 62.5 Å². The van der Waals surface area contributed by atoms with Gasteiger partial charge in [-0.2, -0.15) is 0 Å². The van der Waals surface area contributed by atoms with Gasteiger partial charge in [0.25, 0.3) is 5.91 Å². The fourth-order valence-corrected chi connectivity index (χ4v) is 2.29. The van der Waals surface area contributed by atoms with Gasteiger partial charge in [-0.25, -0.2) is 4.98 Å². The van der Waals surface area contributed by atoms with Crippen molar-refractivity contribution in [3.63, 3.8) is 0 Å². The molecule has 1 aromatic heterocycles. The van der Waals surface area contributed by atoms with Gasteiger partial charge in [-0.3, -0.25) is 4.79 Å². The Labute approximate surface area is 112 Å². The van der Waals surface area contributed by atoms with Crippen molar-refractivity contribution in [2.75, 3.05) is 39.0 Å². The van der Waals surface area contributed by atoms with Crippen LogP contribution in [0.3, 0.4) is 0 Å². The number of nitrogens with zero attached hydrogens (tertiary/aromatic N) is 3. The van der Waals surface area contributed by atoms with E-state index in [0.717, 1.165) is 32.6 Å². The number of anilines is 1. The number of nitrogens with two attached hydrogens (primary N) is 1. The first-order valence-electron chi connectivity index (χ1n) is 5.97. The molecular formula is C12H17ClN4O. The van der Waals surface area contributed by atoms with Crippen LogP contribution in [0, 0.1) is 0 Å². The van der Waals surface area contributed by atoms with Crippen LogP contribution >= 0.6 is 11.6 Å². The van der Waals surface area contributed by atoms with Crippen molar-refractivity contribution in [2.24, 2.45) is 0 Å². The molecule has 5 nitrogen and oxygen atoms in total. The second-order valence-electron chi connectivity index (χ2n) is 4.55. The first-order chi connectivity index (χ1) is 8.56. The predicted molar refractivity (Wildman–Crippen MR) is 71.7 cm³/mol. The van der Waals surface area contributed by atoms with Crippen LogP contribution in [0.5, 0.6) is 0 Å². The smallest absolute Gasteiger partial charge is 0.254 e. The highest BCUT2D eigenvalue weighted by Crippen LogP contribution is 2.15. The van der Waals surface area contributed by atoms with Gasteiger partial charge in [-0.1, -0.05) is 11.6 Å². The molecule has 0 aliphatic carbocycles. The van der Waals surface area contributed by atoms with Gasteiger partial charge in [0, 0.05) is 25.2 Å². The van der Waals surface area contributed by atoms with E-state index in [4.69, 9.17) is 17.3 Å². The lowest BCUT2D eigenvalue weighted by Crippen LogP contribution is -2.34. The molecule has 1 aliphatic rings. The zero-order valence-corrected chi connectivity index (χ0v) is 11.2. The third-order valence-electron chi connectivity index (χ3n) is 3.07. The molecule has 18 heavy (non-hydrogen) atoms. The number of pyridine rings is 1. The maximum atomic E-state index is 12.3. The van der Waals surface area contributed by atoms with Gasteiger partial charge in [-0.05, 0) is 32.1 Å². The van der Waals surface area contributed by atoms with E-state index in [0.29, 0.717) is 5.56 Å². The molecule has 1 saturated heterocycles. The Morgan fingerprint density at radius 3 is 2.83 bits per heavy atom. The number of carbonyl (C=O) groups is 1. The van der Waals surface area contributed by atoms with Gasteiger partial charge in [0.15, 0.2) is 0 Å². The van der Waals surface area contributed by atoms with E-state index in [1.54, 1.807) is 12.1 Å². The summed E-state index contributed by atoms with van der Waals surface area (Å²) in [5.74, 6) is 0.249. The van der Waals surface area contributed by atoms with Crippen molar-refractivity contribution in [3.05, 3.63) is 22.8 Å². The Morgan fingerprint density at radius 2 is 2.11 bits per heavy atom. The summed E-state index contributed by atoms with van der Waals surface area (Å²) >= 11 is 5.82. The molecule has 0 radical (unpaired) electrons. The lowest BCUT2D eigenvalue weighted by Gasteiger charge is -2.20. The molecule has 1 aliphatic heterocycles. The number of hydrogen-bond acceptors (Lipinski definition) is 4. The molecule has 0 bridgehead atoms. The van der Waals surface area contributed by atoms with E-state index < -0.39 is 0 Å². The zero-order chi connectivity index (χ0) is 13.1. The summed E-state index contributed by atoms with van der Waals surface area (Å²) < 4.78 is 0. The van der Waals surface area contributed by atoms with Crippen molar-refractivity contribution < 1.29 is 4.79 Å². The molecule has 6 heteroatoms. The maximum Gasteiger partial charge on any atom is 0.254 e. The van der Waals surface area contributed by atoms with Crippen molar-refractivity contribution in [1.82, 2.24) is 14.8 Å². The van der Waals surface area contributed by atoms with Crippen LogP contribution in [-0.4, -0.2) is 53.9 Å². The Bertz CT molecular complexity index is 431. The summed E-state index contributed by atoms with van der Waals surface area (Å²) in [4.78, 5) is 20.3. The van der Waals surface area contributed by atoms with E-state index in [1.807, 2.05) is 4.90 Å². The van der Waals surface area contributed by atoms with Crippen LogP contribution in [0.1, 0.15) is 16.8 Å². The highest BCUT2D eigenvalue weighted by atomic mass is 35.5. The second kappa shape index (κ2) is 5.54. The standard InChI is InChI=1S/C12H17ClN4O/c1-16-3-2-4-17(6-5-16)12(18)9-7-10(13)15-11(14)8-9/h7-8H,2-6H2,1H3,(H2,14,15). The summed E-state index contributed by atoms with van der Waals surface area (Å²) in [5.41, 5.74) is 6.12. The molecule has 2 heterocycles. The average molecular weight is 269 g/mol. The van der Waals surface area contributed by atoms with Crippen LogP contribution in [-0.2, 0) is 0 Å². The van der Waals surface area contributed by atoms with Gasteiger partial charge in [0.2, 0.25) is 0 Å². The van der Waals surface area contributed by atoms with Crippen molar-refractivity contribution in [1.29, 1.82) is 0 Å². The number of nitrogen functional groups attached to an aromatic ring is 1. The number of carbonyl (C=O) groups excluding carboxylic acids is 1. The number of hydrogen-bond donors (Lipinski definition) is 1. The number of aromatic nitrogens is 1. The van der Waals surface area contributed by atoms with Crippen molar-refractivity contribution in [2.45, 2.75) is 6.42 Å². The van der Waals surface area contributed by atoms with E-state index in [9.17, 15) is 4.79 Å². The first-order valence-corrected chi connectivity index (χ1v) is 6.35. The maximum absolute atomic E-state index is 12.3. The van der Waals surface area contributed by atoms with E-state index in [1.165, 1.54) is 0 Å². The van der Waals surface area contributed by atoms with Crippen LogP contribution in [0.4, 0.5) is 5.82 Å². The molecule has 0 atom stereocenters. The van der Waals surface area contributed by atoms with Crippen LogP contribution in [0.25, 0.3) is 0 Å². The average Bonchev–Trinajstić information content (AvgIpc) is 2.52. The van der Waals surface area contributed by atoms with E-state index >= 15 is 0 Å². The summed E-state index contributed by atoms with van der Waals surface area (Å²) in [6.45, 7) is 3.40. The quantitative estimate of drug-likeness (QED) is 0.775. The highest BCUT2D eigenvalue weighted by molar-refractivity contribution is 6.29. The van der Waals surface area contributed by atoms with Crippen LogP contribution in [0.15, 0.2) is 12.1 Å². The normalized spacial score (nSPS) is 17.6. The molecule has 2 rings (SSSR count). The third kappa shape index (κ3) is 3.11. The minimum absolute atomic E-state index is 0.0266. The number of rotatable bonds is 1. The molecular weight excluding hydrogens is 252 g/mol. The second-order valence-corrected chi connectivity index (χ2v) is 4.94. The molecule has 1 fully saturated rings. The van der Waals surface area contributed by atoms with Gasteiger partial charge < -0.3 is 15.5 Å². The van der Waals surface area contributed by atoms with Gasteiger partial charge >= 0.3 is 0 Å². The van der Waals surface area contributed by atoms with Gasteiger partial charge in [0.1, 0.15) is 11.0 Å². The highest BCUT2D eigenvalue weighted by Gasteiger charge is 2.19. The molecule has 0 spiro atoms. The summed E-state index contributed by atoms with van der Waals surface area (Å²) in [6, 6.07) is 3.14. The molecule has 98 valence electrons. The number of halogens is 1. The monoisotopic (exact) mass is 268 g/mol. The van der Waals surface area contributed by atoms with Gasteiger partial charge in [0.05, 0.1) is 0 Å². The summed E-state index contributed by atoms with van der Waals surface area (Å²) in [6.07, 6.45) is 0.983. The van der Waals surface area contributed by atoms with E-state index in [2.05, 4.69) is 16.9 Å². The van der Waals surface area contributed by atoms with E-state index in [-0.39, 0.29) is 16.9 Å². The minimum Gasteiger partial charge on any atom is -0.384 e. The fourth-order valence-electron chi connectivity index (χ4n) is 2.07. The first kappa shape index (κ1) is 13.1. The predicted octanol–water partition coefficient (Wildman–Crippen LogP) is 1.09.